The normalized spacial score (nSPS) is 10.3. The van der Waals surface area contributed by atoms with Gasteiger partial charge in [0.1, 0.15) is 4.99 Å². The van der Waals surface area contributed by atoms with E-state index >= 15 is 0 Å². The van der Waals surface area contributed by atoms with Crippen LogP contribution in [0.2, 0.25) is 0 Å². The second-order valence-corrected chi connectivity index (χ2v) is 4.82. The van der Waals surface area contributed by atoms with E-state index in [4.69, 9.17) is 23.7 Å². The molecule has 0 aliphatic carbocycles. The Hall–Kier alpha value is -1.42. The highest BCUT2D eigenvalue weighted by molar-refractivity contribution is 7.80. The average Bonchev–Trinajstić information content (AvgIpc) is 2.33. The summed E-state index contributed by atoms with van der Waals surface area (Å²) in [6.07, 6.45) is 5.45. The van der Waals surface area contributed by atoms with Crippen LogP contribution in [0.25, 0.3) is 0 Å². The molecule has 1 amide bonds. The molecule has 0 spiro atoms. The summed E-state index contributed by atoms with van der Waals surface area (Å²) >= 11 is 4.95. The molecule has 0 fully saturated rings. The van der Waals surface area contributed by atoms with Crippen molar-refractivity contribution in [2.45, 2.75) is 39.0 Å². The van der Waals surface area contributed by atoms with Crippen molar-refractivity contribution in [3.05, 3.63) is 34.9 Å². The van der Waals surface area contributed by atoms with Crippen LogP contribution in [0.4, 0.5) is 0 Å². The maximum Gasteiger partial charge on any atom is 0.249 e. The van der Waals surface area contributed by atoms with Crippen molar-refractivity contribution in [2.24, 2.45) is 11.5 Å². The van der Waals surface area contributed by atoms with Gasteiger partial charge in [-0.3, -0.25) is 4.79 Å². The highest BCUT2D eigenvalue weighted by Gasteiger charge is 2.14. The summed E-state index contributed by atoms with van der Waals surface area (Å²) in [6, 6.07) is 5.54. The van der Waals surface area contributed by atoms with Gasteiger partial charge in [0.25, 0.3) is 0 Å². The Kier molecular flexibility index (Phi) is 5.78. The topological polar surface area (TPSA) is 69.1 Å². The molecular formula is C14H20N2OS. The van der Waals surface area contributed by atoms with Gasteiger partial charge in [-0.15, -0.1) is 0 Å². The molecule has 0 atom stereocenters. The minimum Gasteiger partial charge on any atom is -0.389 e. The number of primary amides is 1. The monoisotopic (exact) mass is 264 g/mol. The Balaban J connectivity index is 2.93. The Morgan fingerprint density at radius 1 is 1.22 bits per heavy atom. The smallest absolute Gasteiger partial charge is 0.249 e. The first kappa shape index (κ1) is 14.6. The van der Waals surface area contributed by atoms with Crippen LogP contribution >= 0.6 is 12.2 Å². The predicted molar refractivity (Wildman–Crippen MR) is 78.7 cm³/mol. The van der Waals surface area contributed by atoms with Gasteiger partial charge >= 0.3 is 0 Å². The first-order chi connectivity index (χ1) is 8.57. The number of carbonyl (C=O) groups is 1. The van der Waals surface area contributed by atoms with Gasteiger partial charge in [-0.25, -0.2) is 0 Å². The average molecular weight is 264 g/mol. The Morgan fingerprint density at radius 3 is 2.50 bits per heavy atom. The van der Waals surface area contributed by atoms with Crippen LogP contribution in [0.3, 0.4) is 0 Å². The summed E-state index contributed by atoms with van der Waals surface area (Å²) in [4.78, 5) is 11.8. The molecule has 0 heterocycles. The second kappa shape index (κ2) is 7.11. The van der Waals surface area contributed by atoms with E-state index in [2.05, 4.69) is 6.92 Å². The summed E-state index contributed by atoms with van der Waals surface area (Å²) < 4.78 is 0. The zero-order chi connectivity index (χ0) is 13.5. The number of hydrogen-bond donors (Lipinski definition) is 2. The first-order valence-corrected chi connectivity index (χ1v) is 6.70. The molecule has 0 unspecified atom stereocenters. The number of unbranched alkanes of at least 4 members (excludes halogenated alkanes) is 3. The van der Waals surface area contributed by atoms with Gasteiger partial charge < -0.3 is 11.5 Å². The van der Waals surface area contributed by atoms with Gasteiger partial charge in [-0.1, -0.05) is 56.6 Å². The van der Waals surface area contributed by atoms with Gasteiger partial charge in [0.15, 0.2) is 0 Å². The van der Waals surface area contributed by atoms with E-state index < -0.39 is 5.91 Å². The minimum atomic E-state index is -0.455. The zero-order valence-electron chi connectivity index (χ0n) is 10.7. The van der Waals surface area contributed by atoms with E-state index in [1.165, 1.54) is 12.8 Å². The Morgan fingerprint density at radius 2 is 1.94 bits per heavy atom. The number of amides is 1. The van der Waals surface area contributed by atoms with E-state index in [0.29, 0.717) is 11.1 Å². The SMILES string of the molecule is CCCCCCc1cccc(C(N)=S)c1C(N)=O. The Bertz CT molecular complexity index is 443. The second-order valence-electron chi connectivity index (χ2n) is 4.38. The highest BCUT2D eigenvalue weighted by Crippen LogP contribution is 2.17. The number of carbonyl (C=O) groups excluding carboxylic acids is 1. The van der Waals surface area contributed by atoms with Gasteiger partial charge in [0.2, 0.25) is 5.91 Å². The third-order valence-electron chi connectivity index (χ3n) is 2.96. The van der Waals surface area contributed by atoms with Crippen molar-refractivity contribution in [1.29, 1.82) is 0 Å². The van der Waals surface area contributed by atoms with Crippen LogP contribution in [0.15, 0.2) is 18.2 Å². The van der Waals surface area contributed by atoms with Gasteiger partial charge in [0.05, 0.1) is 5.56 Å². The van der Waals surface area contributed by atoms with Crippen LogP contribution < -0.4 is 11.5 Å². The lowest BCUT2D eigenvalue weighted by Crippen LogP contribution is -2.21. The van der Waals surface area contributed by atoms with Crippen molar-refractivity contribution >= 4 is 23.1 Å². The summed E-state index contributed by atoms with van der Waals surface area (Å²) in [5, 5.41) is 0. The summed E-state index contributed by atoms with van der Waals surface area (Å²) in [7, 11) is 0. The van der Waals surface area contributed by atoms with Crippen LogP contribution in [0.5, 0.6) is 0 Å². The van der Waals surface area contributed by atoms with E-state index in [9.17, 15) is 4.79 Å². The van der Waals surface area contributed by atoms with Crippen LogP contribution in [-0.4, -0.2) is 10.9 Å². The van der Waals surface area contributed by atoms with E-state index in [0.717, 1.165) is 24.8 Å². The molecule has 18 heavy (non-hydrogen) atoms. The summed E-state index contributed by atoms with van der Waals surface area (Å²) in [5.41, 5.74) is 13.1. The van der Waals surface area contributed by atoms with Crippen molar-refractivity contribution in [2.75, 3.05) is 0 Å². The lowest BCUT2D eigenvalue weighted by molar-refractivity contribution is 0.0999. The molecule has 0 aliphatic rings. The van der Waals surface area contributed by atoms with Crippen LogP contribution in [0.1, 0.15) is 54.1 Å². The fourth-order valence-corrected chi connectivity index (χ4v) is 2.22. The maximum absolute atomic E-state index is 11.5. The molecule has 0 saturated carbocycles. The number of rotatable bonds is 7. The molecule has 1 aromatic carbocycles. The molecule has 4 N–H and O–H groups in total. The molecule has 3 nitrogen and oxygen atoms in total. The predicted octanol–water partition coefficient (Wildman–Crippen LogP) is 2.54. The summed E-state index contributed by atoms with van der Waals surface area (Å²) in [5.74, 6) is -0.455. The molecule has 0 bridgehead atoms. The molecule has 0 aromatic heterocycles. The Labute approximate surface area is 114 Å². The number of hydrogen-bond acceptors (Lipinski definition) is 2. The number of thiocarbonyl (C=S) groups is 1. The lowest BCUT2D eigenvalue weighted by atomic mass is 9.96. The summed E-state index contributed by atoms with van der Waals surface area (Å²) in [6.45, 7) is 2.17. The minimum absolute atomic E-state index is 0.221. The lowest BCUT2D eigenvalue weighted by Gasteiger charge is -2.11. The fourth-order valence-electron chi connectivity index (χ4n) is 2.05. The van der Waals surface area contributed by atoms with Crippen molar-refractivity contribution in [3.63, 3.8) is 0 Å². The highest BCUT2D eigenvalue weighted by atomic mass is 32.1. The number of benzene rings is 1. The van der Waals surface area contributed by atoms with E-state index in [-0.39, 0.29) is 4.99 Å². The molecule has 98 valence electrons. The molecule has 0 saturated heterocycles. The number of nitrogens with two attached hydrogens (primary N) is 2. The standard InChI is InChI=1S/C14H20N2OS/c1-2-3-4-5-7-10-8-6-9-11(14(16)18)12(10)13(15)17/h6,8-9H,2-5,7H2,1H3,(H2,15,17)(H2,16,18). The third kappa shape index (κ3) is 3.81. The molecule has 1 aromatic rings. The molecule has 1 rings (SSSR count). The third-order valence-corrected chi connectivity index (χ3v) is 3.18. The maximum atomic E-state index is 11.5. The molecule has 4 heteroatoms. The van der Waals surface area contributed by atoms with Gasteiger partial charge in [0, 0.05) is 5.56 Å². The fraction of sp³-hybridized carbons (Fsp3) is 0.429. The van der Waals surface area contributed by atoms with Crippen molar-refractivity contribution in [3.8, 4) is 0 Å². The van der Waals surface area contributed by atoms with Crippen LogP contribution in [-0.2, 0) is 6.42 Å². The van der Waals surface area contributed by atoms with Gasteiger partial charge in [-0.2, -0.15) is 0 Å². The quantitative estimate of drug-likeness (QED) is 0.587. The van der Waals surface area contributed by atoms with E-state index in [1.54, 1.807) is 6.07 Å². The van der Waals surface area contributed by atoms with Crippen molar-refractivity contribution in [1.82, 2.24) is 0 Å². The van der Waals surface area contributed by atoms with E-state index in [1.807, 2.05) is 12.1 Å². The first-order valence-electron chi connectivity index (χ1n) is 6.29. The largest absolute Gasteiger partial charge is 0.389 e. The van der Waals surface area contributed by atoms with Crippen molar-refractivity contribution < 1.29 is 4.79 Å². The zero-order valence-corrected chi connectivity index (χ0v) is 11.6. The van der Waals surface area contributed by atoms with Crippen LogP contribution in [0, 0.1) is 0 Å². The molecule has 0 radical (unpaired) electrons. The molecular weight excluding hydrogens is 244 g/mol. The molecule has 0 aliphatic heterocycles. The number of aryl methyl sites for hydroxylation is 1. The van der Waals surface area contributed by atoms with Gasteiger partial charge in [-0.05, 0) is 18.4 Å².